The summed E-state index contributed by atoms with van der Waals surface area (Å²) in [5, 5.41) is 12.8. The Labute approximate surface area is 142 Å². The fourth-order valence-corrected chi connectivity index (χ4v) is 3.23. The van der Waals surface area contributed by atoms with Crippen molar-refractivity contribution in [2.45, 2.75) is 38.3 Å². The van der Waals surface area contributed by atoms with E-state index in [4.69, 9.17) is 11.6 Å². The van der Waals surface area contributed by atoms with Crippen molar-refractivity contribution in [2.75, 3.05) is 11.1 Å². The highest BCUT2D eigenvalue weighted by molar-refractivity contribution is 7.99. The number of halogens is 1. The Morgan fingerprint density at radius 2 is 2.18 bits per heavy atom. The number of nitrogens with one attached hydrogen (secondary N) is 1. The van der Waals surface area contributed by atoms with Gasteiger partial charge in [-0.2, -0.15) is 0 Å². The zero-order valence-corrected chi connectivity index (χ0v) is 14.7. The van der Waals surface area contributed by atoms with Crippen LogP contribution in [0.15, 0.2) is 11.4 Å². The van der Waals surface area contributed by atoms with E-state index in [0.29, 0.717) is 10.3 Å². The number of aryl methyl sites for hydroxylation is 1. The number of carbonyl (C=O) groups is 1. The third kappa shape index (κ3) is 4.62. The lowest BCUT2D eigenvalue weighted by atomic mass is 10.4. The molecule has 9 heteroatoms. The molecule has 0 fully saturated rings. The van der Waals surface area contributed by atoms with Crippen molar-refractivity contribution in [1.29, 1.82) is 0 Å². The van der Waals surface area contributed by atoms with Crippen LogP contribution in [0.2, 0.25) is 5.02 Å². The molecule has 0 atom stereocenters. The van der Waals surface area contributed by atoms with Crippen LogP contribution in [-0.4, -0.2) is 31.8 Å². The largest absolute Gasteiger partial charge is 0.295 e. The molecule has 22 heavy (non-hydrogen) atoms. The van der Waals surface area contributed by atoms with E-state index >= 15 is 0 Å². The maximum Gasteiger partial charge on any atom is 0.277 e. The van der Waals surface area contributed by atoms with Gasteiger partial charge in [-0.25, -0.2) is 9.97 Å². The SMILES string of the molecule is CCCSc1ncc(Cl)c(C(=O)Nc2nnc(CCC)s2)n1. The molecule has 0 saturated heterocycles. The maximum absolute atomic E-state index is 12.3. The summed E-state index contributed by atoms with van der Waals surface area (Å²) >= 11 is 8.87. The van der Waals surface area contributed by atoms with Crippen LogP contribution in [0.1, 0.15) is 42.2 Å². The normalized spacial score (nSPS) is 10.7. The molecule has 2 heterocycles. The van der Waals surface area contributed by atoms with Crippen molar-refractivity contribution >= 4 is 45.7 Å². The lowest BCUT2D eigenvalue weighted by molar-refractivity contribution is 0.102. The number of hydrogen-bond donors (Lipinski definition) is 1. The molecule has 1 N–H and O–H groups in total. The molecular weight excluding hydrogens is 342 g/mol. The number of aromatic nitrogens is 4. The summed E-state index contributed by atoms with van der Waals surface area (Å²) in [6.07, 6.45) is 4.28. The van der Waals surface area contributed by atoms with Crippen molar-refractivity contribution in [3.63, 3.8) is 0 Å². The number of nitrogens with zero attached hydrogens (tertiary/aromatic N) is 4. The number of amides is 1. The van der Waals surface area contributed by atoms with Gasteiger partial charge in [0.2, 0.25) is 5.13 Å². The van der Waals surface area contributed by atoms with Crippen LogP contribution >= 0.6 is 34.7 Å². The second-order valence-electron chi connectivity index (χ2n) is 4.40. The molecule has 2 aromatic heterocycles. The second-order valence-corrected chi connectivity index (χ2v) is 6.93. The average molecular weight is 358 g/mol. The highest BCUT2D eigenvalue weighted by atomic mass is 35.5. The summed E-state index contributed by atoms with van der Waals surface area (Å²) in [6, 6.07) is 0. The van der Waals surface area contributed by atoms with E-state index in [2.05, 4.69) is 39.3 Å². The summed E-state index contributed by atoms with van der Waals surface area (Å²) in [6.45, 7) is 4.13. The molecule has 118 valence electrons. The molecule has 0 aromatic carbocycles. The zero-order chi connectivity index (χ0) is 15.9. The van der Waals surface area contributed by atoms with Crippen LogP contribution in [0, 0.1) is 0 Å². The topological polar surface area (TPSA) is 80.7 Å². The second kappa shape index (κ2) is 8.40. The quantitative estimate of drug-likeness (QED) is 0.601. The van der Waals surface area contributed by atoms with Crippen molar-refractivity contribution in [3.05, 3.63) is 21.9 Å². The fraction of sp³-hybridized carbons (Fsp3) is 0.462. The number of carbonyl (C=O) groups excluding carboxylic acids is 1. The molecule has 0 unspecified atom stereocenters. The van der Waals surface area contributed by atoms with Gasteiger partial charge in [0, 0.05) is 12.2 Å². The molecule has 0 bridgehead atoms. The van der Waals surface area contributed by atoms with E-state index in [0.717, 1.165) is 30.0 Å². The van der Waals surface area contributed by atoms with Crippen LogP contribution in [0.5, 0.6) is 0 Å². The zero-order valence-electron chi connectivity index (χ0n) is 12.3. The van der Waals surface area contributed by atoms with Gasteiger partial charge < -0.3 is 0 Å². The highest BCUT2D eigenvalue weighted by Crippen LogP contribution is 2.21. The standard InChI is InChI=1S/C13H16ClN5OS2/c1-3-5-9-18-19-13(22-9)17-11(20)10-8(14)7-15-12(16-10)21-6-4-2/h7H,3-6H2,1-2H3,(H,17,19,20). The lowest BCUT2D eigenvalue weighted by Gasteiger charge is -2.04. The van der Waals surface area contributed by atoms with Gasteiger partial charge in [0.15, 0.2) is 10.9 Å². The first-order valence-corrected chi connectivity index (χ1v) is 9.11. The number of hydrogen-bond acceptors (Lipinski definition) is 7. The maximum atomic E-state index is 12.3. The summed E-state index contributed by atoms with van der Waals surface area (Å²) in [4.78, 5) is 20.6. The van der Waals surface area contributed by atoms with Crippen LogP contribution in [0.4, 0.5) is 5.13 Å². The summed E-state index contributed by atoms with van der Waals surface area (Å²) in [5.74, 6) is 0.490. The molecule has 0 spiro atoms. The molecule has 0 saturated carbocycles. The van der Waals surface area contributed by atoms with Gasteiger partial charge in [-0.05, 0) is 12.8 Å². The minimum atomic E-state index is -0.398. The van der Waals surface area contributed by atoms with E-state index in [9.17, 15) is 4.79 Å². The monoisotopic (exact) mass is 357 g/mol. The molecule has 2 rings (SSSR count). The summed E-state index contributed by atoms with van der Waals surface area (Å²) < 4.78 is 0. The van der Waals surface area contributed by atoms with E-state index in [1.165, 1.54) is 29.3 Å². The first kappa shape index (κ1) is 17.1. The average Bonchev–Trinajstić information content (AvgIpc) is 2.94. The van der Waals surface area contributed by atoms with Crippen LogP contribution in [-0.2, 0) is 6.42 Å². The molecule has 0 aliphatic carbocycles. The molecule has 0 radical (unpaired) electrons. The van der Waals surface area contributed by atoms with E-state index < -0.39 is 5.91 Å². The van der Waals surface area contributed by atoms with E-state index in [1.54, 1.807) is 0 Å². The molecule has 0 aliphatic rings. The minimum absolute atomic E-state index is 0.155. The Bertz CT molecular complexity index is 649. The fourth-order valence-electron chi connectivity index (χ4n) is 1.55. The van der Waals surface area contributed by atoms with Gasteiger partial charge >= 0.3 is 0 Å². The van der Waals surface area contributed by atoms with Crippen molar-refractivity contribution in [3.8, 4) is 0 Å². The predicted molar refractivity (Wildman–Crippen MR) is 89.9 cm³/mol. The van der Waals surface area contributed by atoms with Crippen molar-refractivity contribution < 1.29 is 4.79 Å². The van der Waals surface area contributed by atoms with Gasteiger partial charge in [0.1, 0.15) is 5.01 Å². The first-order chi connectivity index (χ1) is 10.6. The smallest absolute Gasteiger partial charge is 0.277 e. The van der Waals surface area contributed by atoms with Crippen molar-refractivity contribution in [2.24, 2.45) is 0 Å². The van der Waals surface area contributed by atoms with E-state index in [1.807, 2.05) is 0 Å². The lowest BCUT2D eigenvalue weighted by Crippen LogP contribution is -2.15. The first-order valence-electron chi connectivity index (χ1n) is 6.93. The molecular formula is C13H16ClN5OS2. The third-order valence-electron chi connectivity index (χ3n) is 2.52. The van der Waals surface area contributed by atoms with Gasteiger partial charge in [0.25, 0.3) is 5.91 Å². The summed E-state index contributed by atoms with van der Waals surface area (Å²) in [7, 11) is 0. The van der Waals surface area contributed by atoms with E-state index in [-0.39, 0.29) is 10.7 Å². The summed E-state index contributed by atoms with van der Waals surface area (Å²) in [5.41, 5.74) is 0.155. The van der Waals surface area contributed by atoms with Gasteiger partial charge in [-0.1, -0.05) is 48.5 Å². The van der Waals surface area contributed by atoms with Gasteiger partial charge in [-0.3, -0.25) is 10.1 Å². The molecule has 1 amide bonds. The van der Waals surface area contributed by atoms with Crippen LogP contribution in [0.25, 0.3) is 0 Å². The minimum Gasteiger partial charge on any atom is -0.295 e. The Morgan fingerprint density at radius 3 is 2.91 bits per heavy atom. The van der Waals surface area contributed by atoms with Crippen LogP contribution in [0.3, 0.4) is 0 Å². The molecule has 6 nitrogen and oxygen atoms in total. The Kier molecular flexibility index (Phi) is 6.53. The molecule has 0 aliphatic heterocycles. The highest BCUT2D eigenvalue weighted by Gasteiger charge is 2.16. The van der Waals surface area contributed by atoms with Crippen LogP contribution < -0.4 is 5.32 Å². The van der Waals surface area contributed by atoms with Gasteiger partial charge in [0.05, 0.1) is 11.2 Å². The number of rotatable bonds is 7. The predicted octanol–water partition coefficient (Wildman–Crippen LogP) is 3.69. The number of anilines is 1. The van der Waals surface area contributed by atoms with Crippen molar-refractivity contribution in [1.82, 2.24) is 20.2 Å². The third-order valence-corrected chi connectivity index (χ3v) is 4.77. The Balaban J connectivity index is 2.10. The molecule has 2 aromatic rings. The van der Waals surface area contributed by atoms with Gasteiger partial charge in [-0.15, -0.1) is 10.2 Å². The Morgan fingerprint density at radius 1 is 1.36 bits per heavy atom. The Hall–Kier alpha value is -1.25. The number of thioether (sulfide) groups is 1.